The van der Waals surface area contributed by atoms with Gasteiger partial charge in [0.15, 0.2) is 0 Å². The molecule has 30 heavy (non-hydrogen) atoms. The van der Waals surface area contributed by atoms with Crippen LogP contribution in [0.15, 0.2) is 41.3 Å². The number of carbonyl (C=O) groups is 2. The molecule has 2 rings (SSSR count). The van der Waals surface area contributed by atoms with E-state index in [1.807, 2.05) is 0 Å². The minimum Gasteiger partial charge on any atom is -0.462 e. The van der Waals surface area contributed by atoms with Gasteiger partial charge in [0, 0.05) is 20.2 Å². The van der Waals surface area contributed by atoms with Gasteiger partial charge in [-0.1, -0.05) is 17.8 Å². The second kappa shape index (κ2) is 12.5. The van der Waals surface area contributed by atoms with Gasteiger partial charge in [-0.05, 0) is 56.7 Å². The number of halogens is 4. The zero-order chi connectivity index (χ0) is 22.8. The van der Waals surface area contributed by atoms with E-state index in [0.717, 1.165) is 0 Å². The molecule has 0 aliphatic rings. The third kappa shape index (κ3) is 7.56. The average Bonchev–Trinajstić information content (AvgIpc) is 2.69. The number of aryl methyl sites for hydroxylation is 1. The second-order valence-electron chi connectivity index (χ2n) is 5.82. The highest BCUT2D eigenvalue weighted by atomic mass is 32.2. The van der Waals surface area contributed by atoms with E-state index in [9.17, 15) is 27.3 Å². The number of ether oxygens (including phenoxy) is 1. The first-order chi connectivity index (χ1) is 14.1. The van der Waals surface area contributed by atoms with Crippen molar-refractivity contribution in [1.29, 1.82) is 0 Å². The molecule has 0 spiro atoms. The van der Waals surface area contributed by atoms with Gasteiger partial charge in [-0.25, -0.2) is 18.9 Å². The molecular formula is C20H20F4O4S2. The Kier molecular flexibility index (Phi) is 10.8. The van der Waals surface area contributed by atoms with Crippen LogP contribution in [-0.2, 0) is 9.68 Å². The number of thiol groups is 1. The number of hydrogen-bond donors (Lipinski definition) is 1. The monoisotopic (exact) mass is 464 g/mol. The first-order valence-corrected chi connectivity index (χ1v) is 10.0. The van der Waals surface area contributed by atoms with Crippen molar-refractivity contribution in [2.75, 3.05) is 6.61 Å². The fourth-order valence-electron chi connectivity index (χ4n) is 2.32. The van der Waals surface area contributed by atoms with Crippen molar-refractivity contribution in [2.45, 2.75) is 36.7 Å². The van der Waals surface area contributed by atoms with Crippen LogP contribution in [0.2, 0.25) is 0 Å². The summed E-state index contributed by atoms with van der Waals surface area (Å²) in [6.45, 7) is 5.15. The number of thioether (sulfide) groups is 1. The van der Waals surface area contributed by atoms with Crippen LogP contribution in [0, 0.1) is 12.7 Å². The molecule has 10 heteroatoms. The quantitative estimate of drug-likeness (QED) is 0.234. The Morgan fingerprint density at radius 2 is 1.70 bits per heavy atom. The molecule has 0 heterocycles. The van der Waals surface area contributed by atoms with E-state index < -0.39 is 28.8 Å². The summed E-state index contributed by atoms with van der Waals surface area (Å²) in [7, 11) is 0. The van der Waals surface area contributed by atoms with Crippen LogP contribution in [0.25, 0.3) is 0 Å². The fourth-order valence-corrected chi connectivity index (χ4v) is 3.07. The van der Waals surface area contributed by atoms with Gasteiger partial charge in [0.1, 0.15) is 5.82 Å². The third-order valence-corrected chi connectivity index (χ3v) is 4.65. The van der Waals surface area contributed by atoms with E-state index in [-0.39, 0.29) is 11.1 Å². The van der Waals surface area contributed by atoms with Crippen molar-refractivity contribution >= 4 is 36.3 Å². The molecular weight excluding hydrogens is 444 g/mol. The summed E-state index contributed by atoms with van der Waals surface area (Å²) >= 11 is 4.48. The van der Waals surface area contributed by atoms with Crippen LogP contribution < -0.4 is 0 Å². The third-order valence-electron chi connectivity index (χ3n) is 3.67. The number of rotatable bonds is 6. The van der Waals surface area contributed by atoms with Crippen molar-refractivity contribution in [3.8, 4) is 0 Å². The Hall–Kier alpha value is -2.20. The van der Waals surface area contributed by atoms with Crippen LogP contribution >= 0.6 is 24.4 Å². The van der Waals surface area contributed by atoms with E-state index in [4.69, 9.17) is 4.74 Å². The maximum atomic E-state index is 13.6. The number of esters is 1. The predicted octanol–water partition coefficient (Wildman–Crippen LogP) is 6.34. The lowest BCUT2D eigenvalue weighted by atomic mass is 10.0. The van der Waals surface area contributed by atoms with Crippen LogP contribution in [0.3, 0.4) is 0 Å². The Labute approximate surface area is 181 Å². The van der Waals surface area contributed by atoms with E-state index in [1.165, 1.54) is 36.4 Å². The lowest BCUT2D eigenvalue weighted by molar-refractivity contribution is -0.0789. The molecule has 164 valence electrons. The first kappa shape index (κ1) is 25.8. The smallest absolute Gasteiger partial charge is 0.379 e. The normalized spacial score (nSPS) is 11.4. The van der Waals surface area contributed by atoms with Gasteiger partial charge in [-0.3, -0.25) is 0 Å². The highest BCUT2D eigenvalue weighted by Crippen LogP contribution is 2.28. The molecule has 0 aliphatic carbocycles. The van der Waals surface area contributed by atoms with Gasteiger partial charge in [-0.2, -0.15) is 21.4 Å². The van der Waals surface area contributed by atoms with Gasteiger partial charge < -0.3 is 4.74 Å². The number of carbonyl (C=O) groups excluding carboxylic acids is 2. The van der Waals surface area contributed by atoms with E-state index in [2.05, 4.69) is 17.6 Å². The van der Waals surface area contributed by atoms with Crippen LogP contribution in [0.1, 0.15) is 50.9 Å². The molecule has 1 atom stereocenters. The summed E-state index contributed by atoms with van der Waals surface area (Å²) in [6, 6.07) is 8.61. The predicted molar refractivity (Wildman–Crippen MR) is 109 cm³/mol. The molecule has 1 unspecified atom stereocenters. The average molecular weight is 465 g/mol. The van der Waals surface area contributed by atoms with Gasteiger partial charge in [0.25, 0.3) is 5.76 Å². The zero-order valence-corrected chi connectivity index (χ0v) is 18.0. The Bertz CT molecular complexity index is 859. The maximum Gasteiger partial charge on any atom is 0.379 e. The molecule has 0 radical (unpaired) electrons. The molecule has 0 fully saturated rings. The van der Waals surface area contributed by atoms with Crippen LogP contribution in [0.4, 0.5) is 17.7 Å². The van der Waals surface area contributed by atoms with Crippen LogP contribution in [-0.4, -0.2) is 24.3 Å². The van der Waals surface area contributed by atoms with Crippen molar-refractivity contribution in [1.82, 2.24) is 0 Å². The second-order valence-corrected chi connectivity index (χ2v) is 7.66. The molecule has 0 amide bonds. The summed E-state index contributed by atoms with van der Waals surface area (Å²) in [6.07, 6.45) is 0. The molecule has 0 aromatic heterocycles. The Morgan fingerprint density at radius 3 is 2.17 bits per heavy atom. The lowest BCUT2D eigenvalue weighted by Gasteiger charge is -2.12. The molecule has 0 bridgehead atoms. The number of hydrogen-bond acceptors (Lipinski definition) is 6. The van der Waals surface area contributed by atoms with Crippen molar-refractivity contribution < 1.29 is 37.0 Å². The van der Waals surface area contributed by atoms with Gasteiger partial charge in [-0.15, -0.1) is 0 Å². The van der Waals surface area contributed by atoms with Crippen molar-refractivity contribution in [3.63, 3.8) is 0 Å². The van der Waals surface area contributed by atoms with Gasteiger partial charge >= 0.3 is 11.9 Å². The lowest BCUT2D eigenvalue weighted by Crippen LogP contribution is -2.08. The molecule has 0 aliphatic heterocycles. The zero-order valence-electron chi connectivity index (χ0n) is 16.3. The van der Waals surface area contributed by atoms with E-state index in [1.54, 1.807) is 20.8 Å². The summed E-state index contributed by atoms with van der Waals surface area (Å²) in [5.41, 5.74) is 0.667. The van der Waals surface area contributed by atoms with Crippen molar-refractivity contribution in [2.24, 2.45) is 0 Å². The molecule has 0 saturated heterocycles. The molecule has 0 N–H and O–H groups in total. The van der Waals surface area contributed by atoms with Gasteiger partial charge in [0.05, 0.1) is 17.7 Å². The Morgan fingerprint density at radius 1 is 1.10 bits per heavy atom. The maximum absolute atomic E-state index is 13.6. The molecule has 2 aromatic rings. The Balaban J connectivity index is 0.000000300. The highest BCUT2D eigenvalue weighted by molar-refractivity contribution is 7.99. The molecule has 4 nitrogen and oxygen atoms in total. The summed E-state index contributed by atoms with van der Waals surface area (Å²) in [4.78, 5) is 25.7. The fraction of sp³-hybridized carbons (Fsp3) is 0.300. The minimum absolute atomic E-state index is 0.0565. The minimum atomic E-state index is -2.45. The standard InChI is InChI=1S/2C10H10F2O2S/c1-5-3-4-7(10(13)14-12)8(6(2)15)9(5)11;1-2-14-9(13)7-3-5-8(6-4-7)15-10(11)12/h3-4,6,15H,1-2H3;3-6,10H,2H2,1H3. The number of benzene rings is 2. The van der Waals surface area contributed by atoms with E-state index in [0.29, 0.717) is 34.4 Å². The van der Waals surface area contributed by atoms with Crippen LogP contribution in [0.5, 0.6) is 0 Å². The van der Waals surface area contributed by atoms with Gasteiger partial charge in [0.2, 0.25) is 0 Å². The largest absolute Gasteiger partial charge is 0.462 e. The van der Waals surface area contributed by atoms with E-state index >= 15 is 0 Å². The first-order valence-electron chi connectivity index (χ1n) is 8.64. The summed E-state index contributed by atoms with van der Waals surface area (Å²) < 4.78 is 54.1. The SMILES string of the molecule is CCOC(=O)c1ccc(SC(F)F)cc1.Cc1ccc(C(=O)OF)c(C(C)S)c1F. The molecule has 0 saturated carbocycles. The topological polar surface area (TPSA) is 52.6 Å². The highest BCUT2D eigenvalue weighted by Gasteiger charge is 2.21. The summed E-state index contributed by atoms with van der Waals surface area (Å²) in [5.74, 6) is -4.64. The number of alkyl halides is 2. The molecule has 2 aromatic carbocycles. The summed E-state index contributed by atoms with van der Waals surface area (Å²) in [5, 5.41) is -0.515. The van der Waals surface area contributed by atoms with Crippen molar-refractivity contribution in [3.05, 3.63) is 64.5 Å².